The summed E-state index contributed by atoms with van der Waals surface area (Å²) in [6.45, 7) is 3.06. The molecule has 124 valence electrons. The van der Waals surface area contributed by atoms with Crippen molar-refractivity contribution in [3.63, 3.8) is 0 Å². The highest BCUT2D eigenvalue weighted by molar-refractivity contribution is 9.10. The Bertz CT molecular complexity index is 911. The molecule has 1 aromatic carbocycles. The van der Waals surface area contributed by atoms with Crippen LogP contribution in [0.15, 0.2) is 45.3 Å². The maximum absolute atomic E-state index is 5.36. The van der Waals surface area contributed by atoms with Gasteiger partial charge in [-0.25, -0.2) is 4.57 Å². The van der Waals surface area contributed by atoms with Crippen LogP contribution in [0.4, 0.5) is 0 Å². The second kappa shape index (κ2) is 7.82. The number of unbranched alkanes of at least 4 members (excludes halogenated alkanes) is 1. The lowest BCUT2D eigenvalue weighted by molar-refractivity contribution is -0.673. The average Bonchev–Trinajstić information content (AvgIpc) is 3.12. The number of fused-ring (bicyclic) bond motifs is 1. The van der Waals surface area contributed by atoms with Crippen molar-refractivity contribution < 1.29 is 4.57 Å². The molecule has 0 radical (unpaired) electrons. The van der Waals surface area contributed by atoms with Gasteiger partial charge in [-0.1, -0.05) is 35.3 Å². The second-order valence-electron chi connectivity index (χ2n) is 5.33. The first-order valence-electron chi connectivity index (χ1n) is 7.65. The zero-order chi connectivity index (χ0) is 17.1. The number of para-hydroxylation sites is 2. The van der Waals surface area contributed by atoms with E-state index in [4.69, 9.17) is 24.8 Å². The molecular weight excluding hydrogens is 422 g/mol. The Kier molecular flexibility index (Phi) is 5.76. The Balaban J connectivity index is 2.16. The highest BCUT2D eigenvalue weighted by atomic mass is 79.9. The van der Waals surface area contributed by atoms with Gasteiger partial charge in [0, 0.05) is 9.85 Å². The third-order valence-electron chi connectivity index (χ3n) is 3.66. The van der Waals surface area contributed by atoms with E-state index in [-0.39, 0.29) is 0 Å². The van der Waals surface area contributed by atoms with E-state index >= 15 is 0 Å². The molecule has 0 aliphatic heterocycles. The number of aryl methyl sites for hydroxylation is 1. The van der Waals surface area contributed by atoms with Gasteiger partial charge >= 0.3 is 0 Å². The molecule has 0 spiro atoms. The van der Waals surface area contributed by atoms with Gasteiger partial charge in [-0.3, -0.25) is 0 Å². The Morgan fingerprint density at radius 2 is 2.25 bits per heavy atom. The number of hydrogen-bond acceptors (Lipinski definition) is 4. The maximum atomic E-state index is 5.36. The number of hydrogen-bond donors (Lipinski definition) is 0. The van der Waals surface area contributed by atoms with Crippen molar-refractivity contribution in [2.75, 3.05) is 0 Å². The molecule has 0 aliphatic rings. The molecule has 0 N–H and O–H groups in total. The number of rotatable bonds is 6. The number of imidazole rings is 1. The molecule has 0 amide bonds. The van der Waals surface area contributed by atoms with Crippen LogP contribution in [0.3, 0.4) is 0 Å². The van der Waals surface area contributed by atoms with Crippen LogP contribution in [0.25, 0.3) is 11.0 Å². The SMILES string of the molecule is CCCC[n+]1c(C(=S)[S-])n(/N=C/c2cc(Br)cs2)c2ccccc21. The summed E-state index contributed by atoms with van der Waals surface area (Å²) in [5.41, 5.74) is 2.13. The summed E-state index contributed by atoms with van der Waals surface area (Å²) in [5, 5.41) is 6.71. The fourth-order valence-corrected chi connectivity index (χ4v) is 4.27. The van der Waals surface area contributed by atoms with E-state index in [0.717, 1.165) is 45.6 Å². The molecule has 3 rings (SSSR count). The Morgan fingerprint density at radius 3 is 2.92 bits per heavy atom. The van der Waals surface area contributed by atoms with Crippen LogP contribution >= 0.6 is 39.5 Å². The van der Waals surface area contributed by atoms with Crippen LogP contribution in [0.2, 0.25) is 0 Å². The first kappa shape index (κ1) is 17.7. The van der Waals surface area contributed by atoms with Crippen LogP contribution in [-0.4, -0.2) is 15.1 Å². The van der Waals surface area contributed by atoms with E-state index in [1.54, 1.807) is 11.3 Å². The fourth-order valence-electron chi connectivity index (χ4n) is 2.58. The van der Waals surface area contributed by atoms with Gasteiger partial charge in [-0.15, -0.1) is 11.3 Å². The van der Waals surface area contributed by atoms with Crippen LogP contribution in [-0.2, 0) is 19.2 Å². The molecule has 2 aromatic heterocycles. The molecule has 2 heterocycles. The normalized spacial score (nSPS) is 11.6. The van der Waals surface area contributed by atoms with E-state index in [9.17, 15) is 0 Å². The van der Waals surface area contributed by atoms with Gasteiger partial charge in [-0.2, -0.15) is 0 Å². The van der Waals surface area contributed by atoms with Gasteiger partial charge in [-0.05, 0) is 44.7 Å². The summed E-state index contributed by atoms with van der Waals surface area (Å²) in [4.78, 5) is 1.07. The fraction of sp³-hybridized carbons (Fsp3) is 0.235. The van der Waals surface area contributed by atoms with Crippen LogP contribution in [0.1, 0.15) is 30.5 Å². The quantitative estimate of drug-likeness (QED) is 0.242. The van der Waals surface area contributed by atoms with Crippen molar-refractivity contribution in [1.29, 1.82) is 0 Å². The highest BCUT2D eigenvalue weighted by Crippen LogP contribution is 2.19. The molecule has 0 atom stereocenters. The second-order valence-corrected chi connectivity index (χ2v) is 8.26. The van der Waals surface area contributed by atoms with Crippen molar-refractivity contribution in [3.8, 4) is 0 Å². The van der Waals surface area contributed by atoms with Crippen LogP contribution in [0, 0.1) is 0 Å². The first-order valence-corrected chi connectivity index (χ1v) is 10.1. The molecule has 0 fully saturated rings. The van der Waals surface area contributed by atoms with E-state index < -0.39 is 0 Å². The molecule has 3 nitrogen and oxygen atoms in total. The standard InChI is InChI=1S/C17H16BrN3S3/c1-2-3-8-20-14-6-4-5-7-15(14)21(16(20)17(22)23)19-10-13-9-12(18)11-24-13/h4-7,9-11H,2-3,8H2,1H3/b19-10+. The predicted octanol–water partition coefficient (Wildman–Crippen LogP) is 4.66. The summed E-state index contributed by atoms with van der Waals surface area (Å²) >= 11 is 15.8. The Hall–Kier alpha value is -1.15. The summed E-state index contributed by atoms with van der Waals surface area (Å²) in [5.74, 6) is 0.807. The van der Waals surface area contributed by atoms with Gasteiger partial charge in [0.15, 0.2) is 5.52 Å². The van der Waals surface area contributed by atoms with Crippen molar-refractivity contribution in [3.05, 3.63) is 50.9 Å². The number of aromatic nitrogens is 2. The molecule has 0 aliphatic carbocycles. The van der Waals surface area contributed by atoms with E-state index in [1.807, 2.05) is 34.5 Å². The summed E-state index contributed by atoms with van der Waals surface area (Å²) in [6, 6.07) is 10.2. The highest BCUT2D eigenvalue weighted by Gasteiger charge is 2.23. The van der Waals surface area contributed by atoms with Crippen LogP contribution in [0.5, 0.6) is 0 Å². The van der Waals surface area contributed by atoms with Crippen molar-refractivity contribution in [2.24, 2.45) is 5.10 Å². The maximum Gasteiger partial charge on any atom is 0.295 e. The van der Waals surface area contributed by atoms with E-state index in [1.165, 1.54) is 0 Å². The number of nitrogens with zero attached hydrogens (tertiary/aromatic N) is 3. The third-order valence-corrected chi connectivity index (χ3v) is 5.66. The minimum atomic E-state index is 0.437. The van der Waals surface area contributed by atoms with Gasteiger partial charge in [0.05, 0.1) is 17.6 Å². The molecule has 3 aromatic rings. The summed E-state index contributed by atoms with van der Waals surface area (Å²) in [6.07, 6.45) is 4.04. The number of benzene rings is 1. The lowest BCUT2D eigenvalue weighted by Gasteiger charge is -2.04. The van der Waals surface area contributed by atoms with E-state index in [0.29, 0.717) is 4.20 Å². The number of halogens is 1. The minimum Gasteiger partial charge on any atom is -0.421 e. The first-order chi connectivity index (χ1) is 11.6. The largest absolute Gasteiger partial charge is 0.421 e. The number of thiocarbonyl (C=S) groups is 1. The van der Waals surface area contributed by atoms with Crippen molar-refractivity contribution in [2.45, 2.75) is 26.3 Å². The summed E-state index contributed by atoms with van der Waals surface area (Å²) in [7, 11) is 0. The van der Waals surface area contributed by atoms with Gasteiger partial charge < -0.3 is 24.8 Å². The predicted molar refractivity (Wildman–Crippen MR) is 111 cm³/mol. The molecular formula is C17H16BrN3S3. The lowest BCUT2D eigenvalue weighted by atomic mass is 10.3. The van der Waals surface area contributed by atoms with Gasteiger partial charge in [0.25, 0.3) is 5.82 Å². The Morgan fingerprint density at radius 1 is 1.46 bits per heavy atom. The molecule has 0 saturated heterocycles. The molecule has 0 saturated carbocycles. The zero-order valence-electron chi connectivity index (χ0n) is 13.1. The smallest absolute Gasteiger partial charge is 0.295 e. The lowest BCUT2D eigenvalue weighted by Crippen LogP contribution is -2.39. The minimum absolute atomic E-state index is 0.437. The van der Waals surface area contributed by atoms with Crippen molar-refractivity contribution in [1.82, 2.24) is 4.68 Å². The monoisotopic (exact) mass is 437 g/mol. The van der Waals surface area contributed by atoms with Gasteiger partial charge in [0.1, 0.15) is 0 Å². The van der Waals surface area contributed by atoms with Crippen molar-refractivity contribution >= 4 is 73.6 Å². The van der Waals surface area contributed by atoms with E-state index in [2.05, 4.69) is 44.7 Å². The molecule has 7 heteroatoms. The molecule has 0 bridgehead atoms. The molecule has 0 unspecified atom stereocenters. The zero-order valence-corrected chi connectivity index (χ0v) is 17.1. The Labute approximate surface area is 164 Å². The number of thiophene rings is 1. The molecule has 24 heavy (non-hydrogen) atoms. The van der Waals surface area contributed by atoms with Crippen LogP contribution < -0.4 is 4.57 Å². The van der Waals surface area contributed by atoms with Gasteiger partial charge in [0.2, 0.25) is 5.52 Å². The third kappa shape index (κ3) is 3.59. The topological polar surface area (TPSA) is 21.2 Å². The average molecular weight is 438 g/mol. The summed E-state index contributed by atoms with van der Waals surface area (Å²) < 4.78 is 5.55.